The summed E-state index contributed by atoms with van der Waals surface area (Å²) in [6, 6.07) is 8.34. The van der Waals surface area contributed by atoms with Crippen LogP contribution in [-0.2, 0) is 0 Å². The molecule has 6 atom stereocenters. The van der Waals surface area contributed by atoms with Gasteiger partial charge in [-0.15, -0.1) is 0 Å². The molecule has 4 aliphatic carbocycles. The molecule has 4 aliphatic rings. The third kappa shape index (κ3) is 3.14. The minimum atomic E-state index is -0.104. The van der Waals surface area contributed by atoms with Gasteiger partial charge in [0.25, 0.3) is 0 Å². The maximum absolute atomic E-state index is 10.1. The van der Waals surface area contributed by atoms with Gasteiger partial charge in [0.1, 0.15) is 0 Å². The topological polar surface area (TPSA) is 60.7 Å². The fraction of sp³-hybridized carbons (Fsp3) is 0.556. The number of aliphatic hydroxyl groups excluding tert-OH is 1. The van der Waals surface area contributed by atoms with Crippen molar-refractivity contribution in [1.82, 2.24) is 4.98 Å². The van der Waals surface area contributed by atoms with Crippen molar-refractivity contribution in [3.05, 3.63) is 47.7 Å². The Morgan fingerprint density at radius 1 is 1.13 bits per heavy atom. The van der Waals surface area contributed by atoms with Gasteiger partial charge in [-0.05, 0) is 81.1 Å². The summed E-state index contributed by atoms with van der Waals surface area (Å²) in [4.78, 5) is 3.32. The molecule has 0 saturated heterocycles. The SMILES string of the molecule is C[C@]12CC[C@H]3[C@@H](CC=C4C[C@@H](O)CC[C@@H]43)[C@@H]1CC/C2=N\N=C\c1c[nH]c2ccccc12. The summed E-state index contributed by atoms with van der Waals surface area (Å²) in [6.45, 7) is 2.46. The molecular weight excluding hydrogens is 382 g/mol. The van der Waals surface area contributed by atoms with Gasteiger partial charge in [-0.1, -0.05) is 36.8 Å². The predicted octanol–water partition coefficient (Wildman–Crippen LogP) is 5.88. The summed E-state index contributed by atoms with van der Waals surface area (Å²) < 4.78 is 0. The van der Waals surface area contributed by atoms with Gasteiger partial charge in [-0.3, -0.25) is 0 Å². The van der Waals surface area contributed by atoms with E-state index in [2.05, 4.69) is 47.4 Å². The quantitative estimate of drug-likeness (QED) is 0.359. The molecule has 0 radical (unpaired) electrons. The third-order valence-electron chi connectivity index (χ3n) is 9.16. The van der Waals surface area contributed by atoms with E-state index < -0.39 is 0 Å². The predicted molar refractivity (Wildman–Crippen MR) is 126 cm³/mol. The van der Waals surface area contributed by atoms with E-state index in [1.807, 2.05) is 12.4 Å². The van der Waals surface area contributed by atoms with Crippen LogP contribution in [0.5, 0.6) is 0 Å². The van der Waals surface area contributed by atoms with Crippen molar-refractivity contribution < 1.29 is 5.11 Å². The van der Waals surface area contributed by atoms with Crippen molar-refractivity contribution in [1.29, 1.82) is 0 Å². The molecule has 0 amide bonds. The Labute approximate surface area is 184 Å². The lowest BCUT2D eigenvalue weighted by Crippen LogP contribution is -2.46. The number of fused-ring (bicyclic) bond motifs is 6. The molecule has 4 heteroatoms. The molecule has 0 unspecified atom stereocenters. The van der Waals surface area contributed by atoms with Crippen LogP contribution < -0.4 is 0 Å². The molecule has 3 fully saturated rings. The molecule has 31 heavy (non-hydrogen) atoms. The van der Waals surface area contributed by atoms with E-state index in [1.54, 1.807) is 5.57 Å². The summed E-state index contributed by atoms with van der Waals surface area (Å²) in [5.74, 6) is 3.07. The number of aromatic nitrogens is 1. The van der Waals surface area contributed by atoms with E-state index in [4.69, 9.17) is 5.10 Å². The molecule has 4 nitrogen and oxygen atoms in total. The second-order valence-electron chi connectivity index (χ2n) is 10.6. The van der Waals surface area contributed by atoms with E-state index in [9.17, 15) is 5.11 Å². The first-order valence-corrected chi connectivity index (χ1v) is 12.2. The maximum atomic E-state index is 10.1. The van der Waals surface area contributed by atoms with Crippen LogP contribution in [0.4, 0.5) is 0 Å². The molecule has 6 rings (SSSR count). The number of hydrogen-bond acceptors (Lipinski definition) is 3. The van der Waals surface area contributed by atoms with E-state index in [1.165, 1.54) is 43.2 Å². The van der Waals surface area contributed by atoms with Crippen molar-refractivity contribution >= 4 is 22.8 Å². The number of H-pyrrole nitrogens is 1. The van der Waals surface area contributed by atoms with E-state index in [0.29, 0.717) is 0 Å². The second-order valence-corrected chi connectivity index (χ2v) is 10.6. The number of hydrogen-bond donors (Lipinski definition) is 2. The normalized spacial score (nSPS) is 38.8. The Hall–Kier alpha value is -2.20. The van der Waals surface area contributed by atoms with Gasteiger partial charge in [0, 0.05) is 33.8 Å². The molecule has 3 saturated carbocycles. The number of benzene rings is 1. The third-order valence-corrected chi connectivity index (χ3v) is 9.16. The number of aliphatic hydroxyl groups is 1. The summed E-state index contributed by atoms with van der Waals surface area (Å²) in [6.07, 6.45) is 15.5. The lowest BCUT2D eigenvalue weighted by molar-refractivity contribution is 0.0223. The van der Waals surface area contributed by atoms with Crippen molar-refractivity contribution in [2.24, 2.45) is 39.3 Å². The molecular formula is C27H33N3O. The highest BCUT2D eigenvalue weighted by atomic mass is 16.3. The zero-order chi connectivity index (χ0) is 21.0. The number of nitrogens with one attached hydrogen (secondary N) is 1. The highest BCUT2D eigenvalue weighted by Crippen LogP contribution is 2.60. The van der Waals surface area contributed by atoms with Gasteiger partial charge >= 0.3 is 0 Å². The van der Waals surface area contributed by atoms with Crippen LogP contribution >= 0.6 is 0 Å². The van der Waals surface area contributed by atoms with Crippen LogP contribution in [0.3, 0.4) is 0 Å². The Bertz CT molecular complexity index is 1080. The summed E-state index contributed by atoms with van der Waals surface area (Å²) >= 11 is 0. The van der Waals surface area contributed by atoms with Gasteiger partial charge < -0.3 is 10.1 Å². The molecule has 0 spiro atoms. The van der Waals surface area contributed by atoms with Crippen LogP contribution in [0.25, 0.3) is 10.9 Å². The summed E-state index contributed by atoms with van der Waals surface area (Å²) in [5.41, 5.74) is 5.34. The van der Waals surface area contributed by atoms with Crippen LogP contribution in [-0.4, -0.2) is 28.1 Å². The van der Waals surface area contributed by atoms with Crippen molar-refractivity contribution in [3.8, 4) is 0 Å². The molecule has 1 heterocycles. The van der Waals surface area contributed by atoms with E-state index in [-0.39, 0.29) is 11.5 Å². The summed E-state index contributed by atoms with van der Waals surface area (Å²) in [7, 11) is 0. The van der Waals surface area contributed by atoms with Gasteiger partial charge in [-0.2, -0.15) is 10.2 Å². The number of allylic oxidation sites excluding steroid dienone is 1. The maximum Gasteiger partial charge on any atom is 0.0589 e. The van der Waals surface area contributed by atoms with Crippen molar-refractivity contribution in [2.75, 3.05) is 0 Å². The minimum absolute atomic E-state index is 0.104. The summed E-state index contributed by atoms with van der Waals surface area (Å²) in [5, 5.41) is 20.7. The van der Waals surface area contributed by atoms with Crippen LogP contribution in [0.15, 0.2) is 52.3 Å². The molecule has 2 N–H and O–H groups in total. The smallest absolute Gasteiger partial charge is 0.0589 e. The molecule has 1 aromatic heterocycles. The first-order valence-electron chi connectivity index (χ1n) is 12.2. The van der Waals surface area contributed by atoms with Crippen LogP contribution in [0.1, 0.15) is 63.9 Å². The molecule has 2 aromatic rings. The standard InChI is InChI=1S/C27H33N3O/c1-27-13-12-22-20-9-7-19(31)14-17(20)6-8-23(22)24(27)10-11-26(27)30-29-16-18-15-28-25-5-3-2-4-21(18)25/h2-6,15-16,19-20,22-24,28,31H,7-14H2,1H3/b29-16+,30-26+/t19-,20-,22+,23+,24-,27-/m0/s1. The molecule has 0 bridgehead atoms. The average molecular weight is 416 g/mol. The van der Waals surface area contributed by atoms with Gasteiger partial charge in [0.2, 0.25) is 0 Å². The monoisotopic (exact) mass is 415 g/mol. The number of nitrogens with zero attached hydrogens (tertiary/aromatic N) is 2. The highest BCUT2D eigenvalue weighted by molar-refractivity contribution is 5.99. The first-order chi connectivity index (χ1) is 15.1. The Morgan fingerprint density at radius 3 is 2.97 bits per heavy atom. The zero-order valence-corrected chi connectivity index (χ0v) is 18.4. The highest BCUT2D eigenvalue weighted by Gasteiger charge is 2.54. The fourth-order valence-electron chi connectivity index (χ4n) is 7.56. The Kier molecular flexibility index (Phi) is 4.68. The van der Waals surface area contributed by atoms with Crippen LogP contribution in [0, 0.1) is 29.1 Å². The molecule has 162 valence electrons. The average Bonchev–Trinajstić information content (AvgIpc) is 3.34. The number of para-hydroxylation sites is 1. The van der Waals surface area contributed by atoms with Crippen molar-refractivity contribution in [3.63, 3.8) is 0 Å². The minimum Gasteiger partial charge on any atom is -0.393 e. The lowest BCUT2D eigenvalue weighted by Gasteiger charge is -2.52. The van der Waals surface area contributed by atoms with E-state index in [0.717, 1.165) is 54.0 Å². The zero-order valence-electron chi connectivity index (χ0n) is 18.4. The fourth-order valence-corrected chi connectivity index (χ4v) is 7.56. The molecule has 0 aliphatic heterocycles. The number of rotatable bonds is 2. The van der Waals surface area contributed by atoms with Crippen molar-refractivity contribution in [2.45, 2.75) is 64.4 Å². The van der Waals surface area contributed by atoms with Gasteiger partial charge in [0.05, 0.1) is 12.3 Å². The van der Waals surface area contributed by atoms with Gasteiger partial charge in [0.15, 0.2) is 0 Å². The lowest BCUT2D eigenvalue weighted by atomic mass is 9.53. The first kappa shape index (κ1) is 19.5. The van der Waals surface area contributed by atoms with Gasteiger partial charge in [-0.25, -0.2) is 0 Å². The second kappa shape index (κ2) is 7.44. The molecule has 1 aromatic carbocycles. The van der Waals surface area contributed by atoms with Crippen LogP contribution in [0.2, 0.25) is 0 Å². The number of aromatic amines is 1. The van der Waals surface area contributed by atoms with E-state index >= 15 is 0 Å². The Morgan fingerprint density at radius 2 is 2.03 bits per heavy atom. The Balaban J connectivity index is 1.23. The largest absolute Gasteiger partial charge is 0.393 e.